The first-order valence-corrected chi connectivity index (χ1v) is 10.3. The van der Waals surface area contributed by atoms with Crippen molar-refractivity contribution in [3.8, 4) is 0 Å². The van der Waals surface area contributed by atoms with E-state index in [1.807, 2.05) is 16.8 Å². The molecule has 1 aromatic heterocycles. The number of carboxylic acids is 1. The summed E-state index contributed by atoms with van der Waals surface area (Å²) in [6.07, 6.45) is -2.33. The fraction of sp³-hybridized carbons (Fsp3) is 0.700. The molecule has 1 spiro atoms. The second kappa shape index (κ2) is 9.88. The number of alkyl halides is 3. The van der Waals surface area contributed by atoms with E-state index in [2.05, 4.69) is 23.9 Å². The molecule has 32 heavy (non-hydrogen) atoms. The maximum atomic E-state index is 13.2. The fourth-order valence-electron chi connectivity index (χ4n) is 4.00. The van der Waals surface area contributed by atoms with Crippen LogP contribution in [0.1, 0.15) is 42.7 Å². The van der Waals surface area contributed by atoms with Gasteiger partial charge in [-0.05, 0) is 32.7 Å². The van der Waals surface area contributed by atoms with Gasteiger partial charge in [0, 0.05) is 32.7 Å². The molecule has 0 aromatic carbocycles. The summed E-state index contributed by atoms with van der Waals surface area (Å²) in [5.41, 5.74) is 0.660. The number of amides is 2. The van der Waals surface area contributed by atoms with Gasteiger partial charge < -0.3 is 19.4 Å². The minimum Gasteiger partial charge on any atom is -0.475 e. The van der Waals surface area contributed by atoms with E-state index in [0.29, 0.717) is 43.1 Å². The molecular weight excluding hydrogens is 433 g/mol. The van der Waals surface area contributed by atoms with Crippen molar-refractivity contribution in [2.45, 2.75) is 45.3 Å². The Morgan fingerprint density at radius 1 is 1.22 bits per heavy atom. The number of aliphatic carboxylic acids is 1. The van der Waals surface area contributed by atoms with Crippen LogP contribution < -0.4 is 0 Å². The number of aromatic nitrogens is 1. The third-order valence-electron chi connectivity index (χ3n) is 5.81. The van der Waals surface area contributed by atoms with E-state index < -0.39 is 17.7 Å². The average molecular weight is 462 g/mol. The SMILES string of the molecule is Cc1nocc1C(=O)N1CCC2(CC1)C(=O)N(CC(C)C)CCN2C.O=C(O)C(F)(F)F. The third-order valence-corrected chi connectivity index (χ3v) is 5.81. The van der Waals surface area contributed by atoms with Gasteiger partial charge in [0.2, 0.25) is 5.91 Å². The van der Waals surface area contributed by atoms with E-state index in [9.17, 15) is 22.8 Å². The first-order valence-electron chi connectivity index (χ1n) is 10.3. The predicted octanol–water partition coefficient (Wildman–Crippen LogP) is 2.02. The number of halogens is 3. The number of carbonyl (C=O) groups excluding carboxylic acids is 2. The van der Waals surface area contributed by atoms with E-state index in [1.54, 1.807) is 6.92 Å². The van der Waals surface area contributed by atoms with Crippen LogP contribution in [0.2, 0.25) is 0 Å². The van der Waals surface area contributed by atoms with Gasteiger partial charge in [-0.25, -0.2) is 4.79 Å². The van der Waals surface area contributed by atoms with Crippen molar-refractivity contribution in [3.63, 3.8) is 0 Å². The molecule has 3 heterocycles. The van der Waals surface area contributed by atoms with Crippen LogP contribution in [0.5, 0.6) is 0 Å². The van der Waals surface area contributed by atoms with E-state index in [4.69, 9.17) is 14.4 Å². The lowest BCUT2D eigenvalue weighted by molar-refractivity contribution is -0.192. The Labute approximate surface area is 184 Å². The second-order valence-electron chi connectivity index (χ2n) is 8.51. The van der Waals surface area contributed by atoms with Gasteiger partial charge in [-0.15, -0.1) is 0 Å². The number of nitrogens with zero attached hydrogens (tertiary/aromatic N) is 4. The summed E-state index contributed by atoms with van der Waals surface area (Å²) in [6.45, 7) is 9.68. The van der Waals surface area contributed by atoms with Crippen molar-refractivity contribution in [2.75, 3.05) is 39.8 Å². The van der Waals surface area contributed by atoms with Crippen molar-refractivity contribution >= 4 is 17.8 Å². The number of likely N-dealkylation sites (tertiary alicyclic amines) is 1. The highest BCUT2D eigenvalue weighted by Gasteiger charge is 2.49. The largest absolute Gasteiger partial charge is 0.490 e. The highest BCUT2D eigenvalue weighted by Crippen LogP contribution is 2.33. The molecule has 0 saturated carbocycles. The summed E-state index contributed by atoms with van der Waals surface area (Å²) in [4.78, 5) is 40.7. The van der Waals surface area contributed by atoms with E-state index in [0.717, 1.165) is 19.6 Å². The predicted molar refractivity (Wildman–Crippen MR) is 107 cm³/mol. The summed E-state index contributed by atoms with van der Waals surface area (Å²) in [5.74, 6) is -2.13. The van der Waals surface area contributed by atoms with Crippen LogP contribution >= 0.6 is 0 Å². The maximum Gasteiger partial charge on any atom is 0.490 e. The minimum atomic E-state index is -5.08. The zero-order valence-electron chi connectivity index (χ0n) is 18.6. The molecule has 2 aliphatic rings. The van der Waals surface area contributed by atoms with Gasteiger partial charge in [0.25, 0.3) is 5.91 Å². The van der Waals surface area contributed by atoms with E-state index in [-0.39, 0.29) is 11.8 Å². The first-order chi connectivity index (χ1) is 14.8. The molecule has 0 aliphatic carbocycles. The van der Waals surface area contributed by atoms with Crippen molar-refractivity contribution in [2.24, 2.45) is 5.92 Å². The molecule has 0 atom stereocenters. The second-order valence-corrected chi connectivity index (χ2v) is 8.51. The molecule has 1 aromatic rings. The summed E-state index contributed by atoms with van der Waals surface area (Å²) < 4.78 is 36.6. The maximum absolute atomic E-state index is 13.2. The molecule has 3 rings (SSSR count). The van der Waals surface area contributed by atoms with Gasteiger partial charge in [-0.3, -0.25) is 14.5 Å². The summed E-state index contributed by atoms with van der Waals surface area (Å²) in [5, 5.41) is 10.9. The molecule has 2 amide bonds. The zero-order valence-corrected chi connectivity index (χ0v) is 18.6. The minimum absolute atomic E-state index is 0.0569. The van der Waals surface area contributed by atoms with Crippen molar-refractivity contribution < 1.29 is 37.2 Å². The molecule has 0 radical (unpaired) electrons. The summed E-state index contributed by atoms with van der Waals surface area (Å²) in [7, 11) is 2.03. The lowest BCUT2D eigenvalue weighted by Crippen LogP contribution is -2.68. The number of carboxylic acid groups (broad SMARTS) is 1. The van der Waals surface area contributed by atoms with Crippen molar-refractivity contribution in [1.82, 2.24) is 19.9 Å². The van der Waals surface area contributed by atoms with Crippen LogP contribution in [0, 0.1) is 12.8 Å². The fourth-order valence-corrected chi connectivity index (χ4v) is 4.00. The highest BCUT2D eigenvalue weighted by atomic mass is 19.4. The molecule has 2 aliphatic heterocycles. The Morgan fingerprint density at radius 3 is 2.22 bits per heavy atom. The molecule has 180 valence electrons. The lowest BCUT2D eigenvalue weighted by atomic mass is 9.82. The monoisotopic (exact) mass is 462 g/mol. The van der Waals surface area contributed by atoms with Crippen LogP contribution in [0.25, 0.3) is 0 Å². The Hall–Kier alpha value is -2.63. The van der Waals surface area contributed by atoms with Gasteiger partial charge in [-0.1, -0.05) is 19.0 Å². The number of likely N-dealkylation sites (N-methyl/N-ethyl adjacent to an activating group) is 1. The van der Waals surface area contributed by atoms with Crippen molar-refractivity contribution in [3.05, 3.63) is 17.5 Å². The highest BCUT2D eigenvalue weighted by molar-refractivity contribution is 5.95. The quantitative estimate of drug-likeness (QED) is 0.732. The van der Waals surface area contributed by atoms with Crippen LogP contribution in [-0.4, -0.2) is 94.2 Å². The van der Waals surface area contributed by atoms with E-state index >= 15 is 0 Å². The summed E-state index contributed by atoms with van der Waals surface area (Å²) in [6, 6.07) is 0. The van der Waals surface area contributed by atoms with Crippen molar-refractivity contribution in [1.29, 1.82) is 0 Å². The molecular formula is C20H29F3N4O5. The lowest BCUT2D eigenvalue weighted by Gasteiger charge is -2.51. The standard InChI is InChI=1S/C18H28N4O3.C2HF3O2/c1-13(2)11-22-10-9-20(4)18(17(22)24)5-7-21(8-6-18)16(23)15-12-25-19-14(15)3;3-2(4,5)1(6)7/h12-13H,5-11H2,1-4H3;(H,6,7). The molecule has 12 heteroatoms. The number of piperidine rings is 1. The Morgan fingerprint density at radius 2 is 1.78 bits per heavy atom. The zero-order chi connectivity index (χ0) is 24.3. The molecule has 1 N–H and O–H groups in total. The molecule has 2 fully saturated rings. The third kappa shape index (κ3) is 5.59. The number of piperazine rings is 1. The normalized spacial score (nSPS) is 19.2. The van der Waals surface area contributed by atoms with Crippen LogP contribution in [0.3, 0.4) is 0 Å². The first kappa shape index (κ1) is 25.6. The molecule has 2 saturated heterocycles. The van der Waals surface area contributed by atoms with Gasteiger partial charge >= 0.3 is 12.1 Å². The number of carbonyl (C=O) groups is 3. The molecule has 0 unspecified atom stereocenters. The van der Waals surface area contributed by atoms with Gasteiger partial charge in [0.1, 0.15) is 17.4 Å². The number of hydrogen-bond donors (Lipinski definition) is 1. The van der Waals surface area contributed by atoms with Gasteiger partial charge in [-0.2, -0.15) is 13.2 Å². The number of rotatable bonds is 3. The van der Waals surface area contributed by atoms with Crippen LogP contribution in [-0.2, 0) is 9.59 Å². The van der Waals surface area contributed by atoms with E-state index in [1.165, 1.54) is 6.26 Å². The smallest absolute Gasteiger partial charge is 0.475 e. The number of hydrogen-bond acceptors (Lipinski definition) is 6. The molecule has 0 bridgehead atoms. The summed E-state index contributed by atoms with van der Waals surface area (Å²) >= 11 is 0. The van der Waals surface area contributed by atoms with Crippen LogP contribution in [0.15, 0.2) is 10.8 Å². The Kier molecular flexibility index (Phi) is 7.92. The Bertz CT molecular complexity index is 831. The Balaban J connectivity index is 0.000000451. The number of aryl methyl sites for hydroxylation is 1. The topological polar surface area (TPSA) is 107 Å². The van der Waals surface area contributed by atoms with Gasteiger partial charge in [0.05, 0.1) is 5.69 Å². The molecule has 9 nitrogen and oxygen atoms in total. The van der Waals surface area contributed by atoms with Gasteiger partial charge in [0.15, 0.2) is 0 Å². The van der Waals surface area contributed by atoms with Crippen LogP contribution in [0.4, 0.5) is 13.2 Å². The average Bonchev–Trinajstić information content (AvgIpc) is 3.14.